The van der Waals surface area contributed by atoms with E-state index < -0.39 is 11.9 Å². The summed E-state index contributed by atoms with van der Waals surface area (Å²) in [7, 11) is 0. The Labute approximate surface area is 79.3 Å². The zero-order chi connectivity index (χ0) is 9.68. The van der Waals surface area contributed by atoms with Gasteiger partial charge in [0.15, 0.2) is 0 Å². The van der Waals surface area contributed by atoms with E-state index in [-0.39, 0.29) is 0 Å². The van der Waals surface area contributed by atoms with Crippen LogP contribution in [0.4, 0.5) is 0 Å². The van der Waals surface area contributed by atoms with Crippen LogP contribution in [0.1, 0.15) is 4.88 Å². The Morgan fingerprint density at radius 1 is 1.62 bits per heavy atom. The first-order chi connectivity index (χ1) is 6.24. The van der Waals surface area contributed by atoms with Crippen LogP contribution >= 0.6 is 11.3 Å². The smallest absolute Gasteiger partial charge is 0.317 e. The Kier molecular flexibility index (Phi) is 3.40. The Balaban J connectivity index is 2.66. The number of rotatable bonds is 4. The van der Waals surface area contributed by atoms with Crippen LogP contribution in [0.3, 0.4) is 0 Å². The third kappa shape index (κ3) is 2.83. The first-order valence-electron chi connectivity index (χ1n) is 3.64. The molecule has 4 heteroatoms. The topological polar surface area (TPSA) is 54.4 Å². The van der Waals surface area contributed by atoms with Crippen molar-refractivity contribution in [3.63, 3.8) is 0 Å². The lowest BCUT2D eigenvalue weighted by Crippen LogP contribution is -2.11. The summed E-state index contributed by atoms with van der Waals surface area (Å²) in [5.74, 6) is -2.16. The summed E-state index contributed by atoms with van der Waals surface area (Å²) in [6.45, 7) is 0. The molecule has 1 heterocycles. The Bertz CT molecular complexity index is 314. The van der Waals surface area contributed by atoms with E-state index in [1.54, 1.807) is 6.08 Å². The largest absolute Gasteiger partial charge is 0.480 e. The van der Waals surface area contributed by atoms with Gasteiger partial charge in [-0.3, -0.25) is 4.79 Å². The van der Waals surface area contributed by atoms with Crippen molar-refractivity contribution >= 4 is 29.7 Å². The molecule has 0 radical (unpaired) electrons. The standard InChI is InChI=1S/C9H8O3S/c10-6-7(9(11)12)3-4-8-2-1-5-13-8/h1-7H,(H,11,12). The molecule has 1 aromatic rings. The highest BCUT2D eigenvalue weighted by Gasteiger charge is 2.11. The van der Waals surface area contributed by atoms with Gasteiger partial charge in [-0.25, -0.2) is 0 Å². The summed E-state index contributed by atoms with van der Waals surface area (Å²) in [5, 5.41) is 10.4. The van der Waals surface area contributed by atoms with Crippen LogP contribution in [-0.2, 0) is 9.59 Å². The third-order valence-corrected chi connectivity index (χ3v) is 2.28. The maximum Gasteiger partial charge on any atom is 0.317 e. The number of carboxylic acid groups (broad SMARTS) is 1. The van der Waals surface area contributed by atoms with Gasteiger partial charge in [0.1, 0.15) is 12.2 Å². The van der Waals surface area contributed by atoms with E-state index in [1.807, 2.05) is 17.5 Å². The molecule has 3 nitrogen and oxygen atoms in total. The monoisotopic (exact) mass is 196 g/mol. The lowest BCUT2D eigenvalue weighted by Gasteiger charge is -1.94. The number of carbonyl (C=O) groups is 2. The number of hydrogen-bond donors (Lipinski definition) is 1. The number of thiophene rings is 1. The number of carbonyl (C=O) groups excluding carboxylic acids is 1. The number of aliphatic carboxylic acids is 1. The molecule has 0 aliphatic heterocycles. The Hall–Kier alpha value is -1.42. The van der Waals surface area contributed by atoms with Gasteiger partial charge in [-0.05, 0) is 17.5 Å². The fourth-order valence-corrected chi connectivity index (χ4v) is 1.40. The molecule has 68 valence electrons. The van der Waals surface area contributed by atoms with E-state index in [1.165, 1.54) is 17.4 Å². The van der Waals surface area contributed by atoms with Gasteiger partial charge < -0.3 is 9.90 Å². The van der Waals surface area contributed by atoms with Crippen LogP contribution in [-0.4, -0.2) is 17.4 Å². The molecule has 0 bridgehead atoms. The van der Waals surface area contributed by atoms with Crippen molar-refractivity contribution in [3.8, 4) is 0 Å². The molecule has 0 amide bonds. The molecule has 0 saturated heterocycles. The zero-order valence-electron chi connectivity index (χ0n) is 6.71. The molecule has 0 saturated carbocycles. The molecule has 1 aromatic heterocycles. The lowest BCUT2D eigenvalue weighted by molar-refractivity contribution is -0.141. The molecular weight excluding hydrogens is 188 g/mol. The van der Waals surface area contributed by atoms with Gasteiger partial charge in [-0.1, -0.05) is 12.1 Å². The zero-order valence-corrected chi connectivity index (χ0v) is 7.53. The van der Waals surface area contributed by atoms with Crippen LogP contribution in [0.25, 0.3) is 6.08 Å². The third-order valence-electron chi connectivity index (χ3n) is 1.44. The van der Waals surface area contributed by atoms with E-state index in [2.05, 4.69) is 0 Å². The van der Waals surface area contributed by atoms with Crippen LogP contribution in [0.2, 0.25) is 0 Å². The van der Waals surface area contributed by atoms with Gasteiger partial charge in [-0.15, -0.1) is 11.3 Å². The van der Waals surface area contributed by atoms with Gasteiger partial charge in [0, 0.05) is 4.88 Å². The molecule has 1 N–H and O–H groups in total. The first-order valence-corrected chi connectivity index (χ1v) is 4.52. The summed E-state index contributed by atoms with van der Waals surface area (Å²) >= 11 is 1.49. The highest BCUT2D eigenvalue weighted by molar-refractivity contribution is 7.10. The molecule has 1 unspecified atom stereocenters. The first kappa shape index (κ1) is 9.67. The van der Waals surface area contributed by atoms with Gasteiger partial charge in [0.05, 0.1) is 0 Å². The van der Waals surface area contributed by atoms with Crippen molar-refractivity contribution in [1.29, 1.82) is 0 Å². The predicted octanol–water partition coefficient (Wildman–Crippen LogP) is 1.66. The summed E-state index contributed by atoms with van der Waals surface area (Å²) in [5.41, 5.74) is 0. The van der Waals surface area contributed by atoms with Crippen LogP contribution in [0.5, 0.6) is 0 Å². The highest BCUT2D eigenvalue weighted by Crippen LogP contribution is 2.11. The minimum Gasteiger partial charge on any atom is -0.480 e. The van der Waals surface area contributed by atoms with Crippen LogP contribution in [0, 0.1) is 5.92 Å². The number of aldehydes is 1. The second-order valence-electron chi connectivity index (χ2n) is 2.37. The summed E-state index contributed by atoms with van der Waals surface area (Å²) in [6.07, 6.45) is 3.42. The Morgan fingerprint density at radius 2 is 2.38 bits per heavy atom. The van der Waals surface area contributed by atoms with Crippen molar-refractivity contribution in [3.05, 3.63) is 28.5 Å². The summed E-state index contributed by atoms with van der Waals surface area (Å²) < 4.78 is 0. The van der Waals surface area contributed by atoms with Crippen molar-refractivity contribution in [2.24, 2.45) is 5.92 Å². The maximum absolute atomic E-state index is 10.4. The van der Waals surface area contributed by atoms with Crippen molar-refractivity contribution in [1.82, 2.24) is 0 Å². The Morgan fingerprint density at radius 3 is 2.85 bits per heavy atom. The van der Waals surface area contributed by atoms with Gasteiger partial charge in [-0.2, -0.15) is 0 Å². The fraction of sp³-hybridized carbons (Fsp3) is 0.111. The number of hydrogen-bond acceptors (Lipinski definition) is 3. The van der Waals surface area contributed by atoms with Gasteiger partial charge in [0.25, 0.3) is 0 Å². The average molecular weight is 196 g/mol. The molecule has 0 aliphatic rings. The predicted molar refractivity (Wildman–Crippen MR) is 50.5 cm³/mol. The number of carboxylic acids is 1. The SMILES string of the molecule is O=CC(C=Cc1cccs1)C(=O)O. The van der Waals surface area contributed by atoms with E-state index in [0.29, 0.717) is 6.29 Å². The van der Waals surface area contributed by atoms with E-state index in [4.69, 9.17) is 5.11 Å². The van der Waals surface area contributed by atoms with Crippen molar-refractivity contribution < 1.29 is 14.7 Å². The maximum atomic E-state index is 10.4. The minimum absolute atomic E-state index is 0.409. The lowest BCUT2D eigenvalue weighted by atomic mass is 10.1. The molecule has 0 fully saturated rings. The molecular formula is C9H8O3S. The average Bonchev–Trinajstić information content (AvgIpc) is 2.57. The molecule has 1 atom stereocenters. The van der Waals surface area contributed by atoms with Crippen molar-refractivity contribution in [2.75, 3.05) is 0 Å². The van der Waals surface area contributed by atoms with Crippen LogP contribution in [0.15, 0.2) is 23.6 Å². The summed E-state index contributed by atoms with van der Waals surface area (Å²) in [4.78, 5) is 21.6. The second-order valence-corrected chi connectivity index (χ2v) is 3.35. The van der Waals surface area contributed by atoms with E-state index in [0.717, 1.165) is 4.88 Å². The molecule has 13 heavy (non-hydrogen) atoms. The van der Waals surface area contributed by atoms with Crippen molar-refractivity contribution in [2.45, 2.75) is 0 Å². The van der Waals surface area contributed by atoms with E-state index >= 15 is 0 Å². The molecule has 1 rings (SSSR count). The van der Waals surface area contributed by atoms with Crippen LogP contribution < -0.4 is 0 Å². The second kappa shape index (κ2) is 4.57. The minimum atomic E-state index is -1.12. The normalized spacial score (nSPS) is 12.9. The highest BCUT2D eigenvalue weighted by atomic mass is 32.1. The molecule has 0 aliphatic carbocycles. The van der Waals surface area contributed by atoms with Gasteiger partial charge in [0.2, 0.25) is 0 Å². The van der Waals surface area contributed by atoms with E-state index in [9.17, 15) is 9.59 Å². The molecule has 0 spiro atoms. The fourth-order valence-electron chi connectivity index (χ4n) is 0.770. The quantitative estimate of drug-likeness (QED) is 0.588. The molecule has 0 aromatic carbocycles. The van der Waals surface area contributed by atoms with Gasteiger partial charge >= 0.3 is 5.97 Å². The summed E-state index contributed by atoms with van der Waals surface area (Å²) in [6, 6.07) is 3.71.